The Kier molecular flexibility index (Phi) is 1.43. The first-order valence-corrected chi connectivity index (χ1v) is 4.28. The van der Waals surface area contributed by atoms with E-state index in [9.17, 15) is 4.79 Å². The van der Waals surface area contributed by atoms with Crippen LogP contribution in [0.3, 0.4) is 0 Å². The molecule has 0 N–H and O–H groups in total. The molecule has 0 spiro atoms. The molecular formula is C9H7N3O2. The summed E-state index contributed by atoms with van der Waals surface area (Å²) in [6.45, 7) is 0.794. The van der Waals surface area contributed by atoms with E-state index in [1.54, 1.807) is 18.6 Å². The first-order chi connectivity index (χ1) is 6.86. The minimum absolute atomic E-state index is 0.0510. The van der Waals surface area contributed by atoms with Crippen LogP contribution in [0.2, 0.25) is 0 Å². The van der Waals surface area contributed by atoms with E-state index in [2.05, 4.69) is 9.97 Å². The van der Waals surface area contributed by atoms with Crippen molar-refractivity contribution in [2.45, 2.75) is 13.2 Å². The van der Waals surface area contributed by atoms with Crippen molar-refractivity contribution in [1.82, 2.24) is 14.4 Å². The lowest BCUT2D eigenvalue weighted by molar-refractivity contribution is 0.133. The predicted octanol–water partition coefficient (Wildman–Crippen LogP) is 0.120. The highest BCUT2D eigenvalue weighted by molar-refractivity contribution is 5.38. The van der Waals surface area contributed by atoms with E-state index in [0.29, 0.717) is 24.4 Å². The van der Waals surface area contributed by atoms with E-state index >= 15 is 0 Å². The van der Waals surface area contributed by atoms with E-state index in [4.69, 9.17) is 4.74 Å². The van der Waals surface area contributed by atoms with Crippen molar-refractivity contribution >= 4 is 5.65 Å². The maximum atomic E-state index is 11.8. The van der Waals surface area contributed by atoms with Gasteiger partial charge in [0.05, 0.1) is 30.7 Å². The summed E-state index contributed by atoms with van der Waals surface area (Å²) >= 11 is 0. The Balaban J connectivity index is 2.50. The Bertz CT molecular complexity index is 561. The summed E-state index contributed by atoms with van der Waals surface area (Å²) in [5, 5.41) is 0. The average Bonchev–Trinajstić information content (AvgIpc) is 2.66. The fourth-order valence-electron chi connectivity index (χ4n) is 1.60. The monoisotopic (exact) mass is 189 g/mol. The van der Waals surface area contributed by atoms with Crippen molar-refractivity contribution in [3.8, 4) is 0 Å². The fourth-order valence-corrected chi connectivity index (χ4v) is 1.60. The fraction of sp³-hybridized carbons (Fsp3) is 0.222. The highest BCUT2D eigenvalue weighted by Crippen LogP contribution is 2.13. The van der Waals surface area contributed by atoms with Gasteiger partial charge in [-0.3, -0.25) is 14.2 Å². The number of hydrogen-bond acceptors (Lipinski definition) is 4. The number of aromatic nitrogens is 3. The van der Waals surface area contributed by atoms with Crippen molar-refractivity contribution < 1.29 is 4.74 Å². The van der Waals surface area contributed by atoms with E-state index in [-0.39, 0.29) is 5.56 Å². The predicted molar refractivity (Wildman–Crippen MR) is 47.8 cm³/mol. The quantitative estimate of drug-likeness (QED) is 0.590. The molecule has 0 saturated heterocycles. The molecule has 0 saturated carbocycles. The highest BCUT2D eigenvalue weighted by Gasteiger charge is 2.18. The lowest BCUT2D eigenvalue weighted by Gasteiger charge is -2.00. The Morgan fingerprint density at radius 3 is 3.29 bits per heavy atom. The zero-order valence-electron chi connectivity index (χ0n) is 7.30. The van der Waals surface area contributed by atoms with Crippen LogP contribution in [0.15, 0.2) is 23.4 Å². The summed E-state index contributed by atoms with van der Waals surface area (Å²) in [4.78, 5) is 20.0. The number of fused-ring (bicyclic) bond motifs is 2. The molecule has 0 amide bonds. The molecule has 0 radical (unpaired) electrons. The van der Waals surface area contributed by atoms with Gasteiger partial charge in [-0.25, -0.2) is 4.98 Å². The molecule has 0 aliphatic carbocycles. The van der Waals surface area contributed by atoms with Gasteiger partial charge >= 0.3 is 0 Å². The maximum Gasteiger partial charge on any atom is 0.263 e. The zero-order chi connectivity index (χ0) is 9.54. The summed E-state index contributed by atoms with van der Waals surface area (Å²) in [5.74, 6) is 0. The second kappa shape index (κ2) is 2.62. The SMILES string of the molecule is O=c1c2c(nc3cnccn13)COC2. The maximum absolute atomic E-state index is 11.8. The van der Waals surface area contributed by atoms with Crippen LogP contribution in [0.5, 0.6) is 0 Å². The van der Waals surface area contributed by atoms with Gasteiger partial charge in [0.1, 0.15) is 0 Å². The van der Waals surface area contributed by atoms with Crippen LogP contribution in [0.1, 0.15) is 11.3 Å². The van der Waals surface area contributed by atoms with Crippen LogP contribution in [-0.2, 0) is 18.0 Å². The van der Waals surface area contributed by atoms with E-state index < -0.39 is 0 Å². The minimum Gasteiger partial charge on any atom is -0.370 e. The van der Waals surface area contributed by atoms with Gasteiger partial charge in [-0.1, -0.05) is 0 Å². The topological polar surface area (TPSA) is 56.5 Å². The lowest BCUT2D eigenvalue weighted by atomic mass is 10.3. The van der Waals surface area contributed by atoms with Crippen LogP contribution in [0, 0.1) is 0 Å². The molecule has 2 aromatic rings. The molecule has 0 atom stereocenters. The van der Waals surface area contributed by atoms with Crippen molar-refractivity contribution in [2.75, 3.05) is 0 Å². The molecule has 2 aromatic heterocycles. The number of hydrogen-bond donors (Lipinski definition) is 0. The van der Waals surface area contributed by atoms with Crippen LogP contribution in [0.4, 0.5) is 0 Å². The number of nitrogens with zero attached hydrogens (tertiary/aromatic N) is 3. The average molecular weight is 189 g/mol. The number of ether oxygens (including phenoxy) is 1. The van der Waals surface area contributed by atoms with Gasteiger partial charge in [0, 0.05) is 12.4 Å². The molecule has 5 nitrogen and oxygen atoms in total. The summed E-state index contributed by atoms with van der Waals surface area (Å²) in [6, 6.07) is 0. The normalized spacial score (nSPS) is 14.6. The van der Waals surface area contributed by atoms with Crippen molar-refractivity contribution in [2.24, 2.45) is 0 Å². The van der Waals surface area contributed by atoms with E-state index in [0.717, 1.165) is 5.69 Å². The third-order valence-electron chi connectivity index (χ3n) is 2.30. The van der Waals surface area contributed by atoms with Gasteiger partial charge in [0.15, 0.2) is 5.65 Å². The summed E-state index contributed by atoms with van der Waals surface area (Å²) in [5.41, 5.74) is 1.92. The first kappa shape index (κ1) is 7.64. The zero-order valence-corrected chi connectivity index (χ0v) is 7.30. The summed E-state index contributed by atoms with van der Waals surface area (Å²) in [7, 11) is 0. The van der Waals surface area contributed by atoms with E-state index in [1.165, 1.54) is 4.40 Å². The Morgan fingerprint density at radius 1 is 1.43 bits per heavy atom. The molecule has 1 aliphatic rings. The molecule has 0 unspecified atom stereocenters. The summed E-state index contributed by atoms with van der Waals surface area (Å²) < 4.78 is 6.66. The van der Waals surface area contributed by atoms with Crippen LogP contribution in [0.25, 0.3) is 5.65 Å². The van der Waals surface area contributed by atoms with Gasteiger partial charge in [0.2, 0.25) is 0 Å². The smallest absolute Gasteiger partial charge is 0.263 e. The number of rotatable bonds is 0. The molecule has 0 bridgehead atoms. The van der Waals surface area contributed by atoms with Crippen LogP contribution < -0.4 is 5.56 Å². The molecule has 0 aromatic carbocycles. The van der Waals surface area contributed by atoms with Gasteiger partial charge in [0.25, 0.3) is 5.56 Å². The second-order valence-corrected chi connectivity index (χ2v) is 3.14. The van der Waals surface area contributed by atoms with Crippen molar-refractivity contribution in [1.29, 1.82) is 0 Å². The van der Waals surface area contributed by atoms with Gasteiger partial charge in [-0.15, -0.1) is 0 Å². The van der Waals surface area contributed by atoms with Crippen molar-refractivity contribution in [3.05, 3.63) is 40.2 Å². The van der Waals surface area contributed by atoms with Gasteiger partial charge < -0.3 is 4.74 Å². The lowest BCUT2D eigenvalue weighted by Crippen LogP contribution is -2.19. The van der Waals surface area contributed by atoms with Crippen LogP contribution >= 0.6 is 0 Å². The van der Waals surface area contributed by atoms with Gasteiger partial charge in [-0.2, -0.15) is 0 Å². The van der Waals surface area contributed by atoms with Gasteiger partial charge in [-0.05, 0) is 0 Å². The molecule has 0 fully saturated rings. The van der Waals surface area contributed by atoms with Crippen LogP contribution in [-0.4, -0.2) is 14.4 Å². The third kappa shape index (κ3) is 0.898. The first-order valence-electron chi connectivity index (χ1n) is 4.28. The van der Waals surface area contributed by atoms with E-state index in [1.807, 2.05) is 0 Å². The minimum atomic E-state index is -0.0510. The Hall–Kier alpha value is -1.75. The molecule has 70 valence electrons. The molecular weight excluding hydrogens is 182 g/mol. The van der Waals surface area contributed by atoms with Crippen molar-refractivity contribution in [3.63, 3.8) is 0 Å². The molecule has 1 aliphatic heterocycles. The molecule has 3 rings (SSSR count). The second-order valence-electron chi connectivity index (χ2n) is 3.14. The molecule has 5 heteroatoms. The highest BCUT2D eigenvalue weighted by atomic mass is 16.5. The third-order valence-corrected chi connectivity index (χ3v) is 2.30. The standard InChI is InChI=1S/C9H7N3O2/c13-9-6-4-14-5-7(6)11-8-3-10-1-2-12(8)9/h1-3H,4-5H2. The Morgan fingerprint density at radius 2 is 2.36 bits per heavy atom. The largest absolute Gasteiger partial charge is 0.370 e. The molecule has 3 heterocycles. The summed E-state index contributed by atoms with van der Waals surface area (Å²) in [6.07, 6.45) is 4.75. The Labute approximate surface area is 79.0 Å². The molecule has 14 heavy (non-hydrogen) atoms.